The highest BCUT2D eigenvalue weighted by Gasteiger charge is 2.08. The fraction of sp³-hybridized carbons (Fsp3) is 0. The molecule has 1 heterocycles. The van der Waals surface area contributed by atoms with Crippen LogP contribution in [-0.4, -0.2) is 4.98 Å². The summed E-state index contributed by atoms with van der Waals surface area (Å²) in [5.41, 5.74) is 9.02. The molecule has 162 valence electrons. The number of aromatic nitrogens is 1. The van der Waals surface area contributed by atoms with Gasteiger partial charge in [-0.25, -0.2) is 9.37 Å². The van der Waals surface area contributed by atoms with Crippen molar-refractivity contribution in [2.75, 3.05) is 0 Å². The van der Waals surface area contributed by atoms with Gasteiger partial charge in [0, 0.05) is 5.56 Å². The lowest BCUT2D eigenvalue weighted by molar-refractivity contribution is 0.620. The van der Waals surface area contributed by atoms with E-state index in [-0.39, 0.29) is 5.82 Å². The number of rotatable bonds is 4. The average molecular weight is 442 g/mol. The summed E-state index contributed by atoms with van der Waals surface area (Å²) < 4.78 is 19.4. The number of fused-ring (bicyclic) bond motifs is 1. The Morgan fingerprint density at radius 2 is 0.971 bits per heavy atom. The minimum Gasteiger partial charge on any atom is -0.436 e. The minimum absolute atomic E-state index is 0.223. The van der Waals surface area contributed by atoms with Crippen molar-refractivity contribution in [3.05, 3.63) is 127 Å². The molecule has 0 saturated carbocycles. The smallest absolute Gasteiger partial charge is 0.227 e. The molecule has 0 bridgehead atoms. The molecule has 0 radical (unpaired) electrons. The summed E-state index contributed by atoms with van der Waals surface area (Å²) in [5, 5.41) is 0. The van der Waals surface area contributed by atoms with Crippen LogP contribution in [0.15, 0.2) is 126 Å². The van der Waals surface area contributed by atoms with Crippen molar-refractivity contribution < 1.29 is 8.81 Å². The monoisotopic (exact) mass is 441 g/mol. The molecule has 0 amide bonds. The highest BCUT2D eigenvalue weighted by molar-refractivity contribution is 5.77. The second kappa shape index (κ2) is 8.45. The standard InChI is InChI=1S/C31H20FNO/c32-28-5-3-4-27(20-28)25-14-12-23(13-15-25)21-8-10-22(11-9-21)24-16-18-26(19-17-24)31-33-29-6-1-2-7-30(29)34-31/h1-20H. The SMILES string of the molecule is Fc1cccc(-c2ccc(-c3ccc(-c4ccc(-c5nc6ccccc6o5)cc4)cc3)cc2)c1. The number of para-hydroxylation sites is 2. The Kier molecular flexibility index (Phi) is 5.00. The van der Waals surface area contributed by atoms with Crippen LogP contribution in [0.25, 0.3) is 55.9 Å². The quantitative estimate of drug-likeness (QED) is 0.274. The molecule has 0 fully saturated rings. The number of nitrogens with zero attached hydrogens (tertiary/aromatic N) is 1. The summed E-state index contributed by atoms with van der Waals surface area (Å²) in [7, 11) is 0. The van der Waals surface area contributed by atoms with Gasteiger partial charge < -0.3 is 4.42 Å². The Hall–Kier alpha value is -4.50. The third-order valence-electron chi connectivity index (χ3n) is 6.02. The maximum absolute atomic E-state index is 13.5. The van der Waals surface area contributed by atoms with Gasteiger partial charge in [-0.05, 0) is 69.8 Å². The van der Waals surface area contributed by atoms with E-state index < -0.39 is 0 Å². The van der Waals surface area contributed by atoms with Crippen LogP contribution < -0.4 is 0 Å². The molecule has 0 unspecified atom stereocenters. The molecule has 6 aromatic rings. The van der Waals surface area contributed by atoms with Crippen molar-refractivity contribution in [2.24, 2.45) is 0 Å². The Labute approximate surface area is 197 Å². The molecule has 0 spiro atoms. The number of halogens is 1. The van der Waals surface area contributed by atoms with Crippen molar-refractivity contribution in [2.45, 2.75) is 0 Å². The fourth-order valence-corrected chi connectivity index (χ4v) is 4.18. The first kappa shape index (κ1) is 20.1. The van der Waals surface area contributed by atoms with Crippen molar-refractivity contribution in [1.82, 2.24) is 4.98 Å². The zero-order chi connectivity index (χ0) is 22.9. The lowest BCUT2D eigenvalue weighted by Gasteiger charge is -2.07. The van der Waals surface area contributed by atoms with Gasteiger partial charge in [-0.15, -0.1) is 0 Å². The highest BCUT2D eigenvalue weighted by Crippen LogP contribution is 2.30. The minimum atomic E-state index is -0.223. The highest BCUT2D eigenvalue weighted by atomic mass is 19.1. The molecule has 0 atom stereocenters. The van der Waals surface area contributed by atoms with Gasteiger partial charge in [0.15, 0.2) is 5.58 Å². The molecule has 0 aliphatic heterocycles. The molecule has 2 nitrogen and oxygen atoms in total. The molecule has 0 aliphatic carbocycles. The van der Waals surface area contributed by atoms with E-state index in [0.717, 1.165) is 50.0 Å². The zero-order valence-corrected chi connectivity index (χ0v) is 18.3. The molecule has 0 aliphatic rings. The van der Waals surface area contributed by atoms with E-state index in [0.29, 0.717) is 5.89 Å². The maximum atomic E-state index is 13.5. The Morgan fingerprint density at radius 3 is 1.50 bits per heavy atom. The molecule has 0 N–H and O–H groups in total. The summed E-state index contributed by atoms with van der Waals surface area (Å²) in [5.74, 6) is 0.406. The normalized spacial score (nSPS) is 11.1. The molecular formula is C31H20FNO. The van der Waals surface area contributed by atoms with Gasteiger partial charge in [-0.2, -0.15) is 0 Å². The first-order chi connectivity index (χ1) is 16.7. The van der Waals surface area contributed by atoms with Gasteiger partial charge in [-0.3, -0.25) is 0 Å². The third-order valence-corrected chi connectivity index (χ3v) is 6.02. The van der Waals surface area contributed by atoms with Crippen LogP contribution in [-0.2, 0) is 0 Å². The van der Waals surface area contributed by atoms with Crippen molar-refractivity contribution in [1.29, 1.82) is 0 Å². The van der Waals surface area contributed by atoms with Crippen LogP contribution in [0.2, 0.25) is 0 Å². The van der Waals surface area contributed by atoms with E-state index >= 15 is 0 Å². The third kappa shape index (κ3) is 3.89. The van der Waals surface area contributed by atoms with Crippen molar-refractivity contribution >= 4 is 11.1 Å². The molecular weight excluding hydrogens is 421 g/mol. The van der Waals surface area contributed by atoms with E-state index in [1.807, 2.05) is 54.6 Å². The van der Waals surface area contributed by atoms with Crippen LogP contribution in [0.5, 0.6) is 0 Å². The number of hydrogen-bond acceptors (Lipinski definition) is 2. The fourth-order valence-electron chi connectivity index (χ4n) is 4.18. The van der Waals surface area contributed by atoms with Gasteiger partial charge >= 0.3 is 0 Å². The predicted octanol–water partition coefficient (Wildman–Crippen LogP) is 8.63. The second-order valence-electron chi connectivity index (χ2n) is 8.23. The second-order valence-corrected chi connectivity index (χ2v) is 8.23. The summed E-state index contributed by atoms with van der Waals surface area (Å²) in [6.45, 7) is 0. The molecule has 0 saturated heterocycles. The molecule has 5 aromatic carbocycles. The first-order valence-electron chi connectivity index (χ1n) is 11.2. The number of hydrogen-bond donors (Lipinski definition) is 0. The Balaban J connectivity index is 1.21. The molecule has 1 aromatic heterocycles. The molecule has 34 heavy (non-hydrogen) atoms. The van der Waals surface area contributed by atoms with E-state index in [4.69, 9.17) is 4.42 Å². The zero-order valence-electron chi connectivity index (χ0n) is 18.3. The Morgan fingerprint density at radius 1 is 0.471 bits per heavy atom. The van der Waals surface area contributed by atoms with E-state index in [2.05, 4.69) is 53.5 Å². The van der Waals surface area contributed by atoms with Gasteiger partial charge in [0.1, 0.15) is 11.3 Å². The van der Waals surface area contributed by atoms with Crippen LogP contribution in [0.3, 0.4) is 0 Å². The summed E-state index contributed by atoms with van der Waals surface area (Å²) in [4.78, 5) is 4.58. The van der Waals surface area contributed by atoms with Gasteiger partial charge in [0.2, 0.25) is 5.89 Å². The van der Waals surface area contributed by atoms with Crippen LogP contribution >= 0.6 is 0 Å². The Bertz CT molecular complexity index is 1550. The van der Waals surface area contributed by atoms with Crippen LogP contribution in [0.1, 0.15) is 0 Å². The van der Waals surface area contributed by atoms with Crippen LogP contribution in [0.4, 0.5) is 4.39 Å². The number of benzene rings is 5. The van der Waals surface area contributed by atoms with Gasteiger partial charge in [0.05, 0.1) is 0 Å². The topological polar surface area (TPSA) is 26.0 Å². The average Bonchev–Trinajstić information content (AvgIpc) is 3.34. The van der Waals surface area contributed by atoms with Crippen molar-refractivity contribution in [3.63, 3.8) is 0 Å². The predicted molar refractivity (Wildman–Crippen MR) is 136 cm³/mol. The summed E-state index contributed by atoms with van der Waals surface area (Å²) in [6.07, 6.45) is 0. The van der Waals surface area contributed by atoms with E-state index in [9.17, 15) is 4.39 Å². The van der Waals surface area contributed by atoms with Crippen molar-refractivity contribution in [3.8, 4) is 44.8 Å². The number of oxazole rings is 1. The van der Waals surface area contributed by atoms with Crippen LogP contribution in [0, 0.1) is 5.82 Å². The largest absolute Gasteiger partial charge is 0.436 e. The van der Waals surface area contributed by atoms with Gasteiger partial charge in [0.25, 0.3) is 0 Å². The molecule has 6 rings (SSSR count). The summed E-state index contributed by atoms with van der Waals surface area (Å²) >= 11 is 0. The first-order valence-corrected chi connectivity index (χ1v) is 11.2. The van der Waals surface area contributed by atoms with Gasteiger partial charge in [-0.1, -0.05) is 84.9 Å². The van der Waals surface area contributed by atoms with E-state index in [1.54, 1.807) is 12.1 Å². The van der Waals surface area contributed by atoms with E-state index in [1.165, 1.54) is 6.07 Å². The maximum Gasteiger partial charge on any atom is 0.227 e. The molecule has 3 heteroatoms. The summed E-state index contributed by atoms with van der Waals surface area (Å²) in [6, 6.07) is 39.4. The lowest BCUT2D eigenvalue weighted by atomic mass is 9.98. The lowest BCUT2D eigenvalue weighted by Crippen LogP contribution is -1.83.